The minimum Gasteiger partial charge on any atom is -0.379 e. The fourth-order valence-electron chi connectivity index (χ4n) is 3.80. The average Bonchev–Trinajstić information content (AvgIpc) is 2.78. The van der Waals surface area contributed by atoms with Gasteiger partial charge in [-0.15, -0.1) is 0 Å². The number of rotatable bonds is 8. The predicted molar refractivity (Wildman–Crippen MR) is 124 cm³/mol. The highest BCUT2D eigenvalue weighted by Gasteiger charge is 2.16. The van der Waals surface area contributed by atoms with Gasteiger partial charge in [0.05, 0.1) is 29.3 Å². The largest absolute Gasteiger partial charge is 0.379 e. The molecule has 6 nitrogen and oxygen atoms in total. The molecule has 0 saturated carbocycles. The van der Waals surface area contributed by atoms with Crippen LogP contribution in [0.4, 0.5) is 5.69 Å². The molecule has 0 amide bonds. The van der Waals surface area contributed by atoms with Crippen molar-refractivity contribution in [1.29, 1.82) is 0 Å². The highest BCUT2D eigenvalue weighted by atomic mass is 32.2. The summed E-state index contributed by atoms with van der Waals surface area (Å²) in [7, 11) is -3.67. The van der Waals surface area contributed by atoms with E-state index in [0.29, 0.717) is 11.2 Å². The third-order valence-electron chi connectivity index (χ3n) is 5.61. The number of nitrogens with one attached hydrogen (secondary N) is 1. The number of nitrogens with zero attached hydrogens (tertiary/aromatic N) is 2. The van der Waals surface area contributed by atoms with Crippen LogP contribution in [0.2, 0.25) is 0 Å². The molecule has 3 aromatic rings. The molecule has 1 saturated heterocycles. The van der Waals surface area contributed by atoms with Crippen LogP contribution < -0.4 is 4.72 Å². The molecule has 7 heteroatoms. The average molecular weight is 440 g/mol. The molecule has 1 N–H and O–H groups in total. The van der Waals surface area contributed by atoms with E-state index >= 15 is 0 Å². The van der Waals surface area contributed by atoms with Crippen LogP contribution in [0.1, 0.15) is 24.1 Å². The van der Waals surface area contributed by atoms with Gasteiger partial charge in [0.2, 0.25) is 0 Å². The summed E-state index contributed by atoms with van der Waals surface area (Å²) in [5.41, 5.74) is 3.19. The van der Waals surface area contributed by atoms with Gasteiger partial charge in [0, 0.05) is 24.2 Å². The topological polar surface area (TPSA) is 71.5 Å². The van der Waals surface area contributed by atoms with Crippen LogP contribution in [0.15, 0.2) is 59.5 Å². The monoisotopic (exact) mass is 439 g/mol. The number of benzene rings is 2. The van der Waals surface area contributed by atoms with Crippen molar-refractivity contribution in [1.82, 2.24) is 9.88 Å². The highest BCUT2D eigenvalue weighted by Crippen LogP contribution is 2.25. The molecule has 1 fully saturated rings. The Morgan fingerprint density at radius 2 is 1.77 bits per heavy atom. The third kappa shape index (κ3) is 5.61. The van der Waals surface area contributed by atoms with Crippen molar-refractivity contribution < 1.29 is 13.2 Å². The Hall–Kier alpha value is -2.48. The van der Waals surface area contributed by atoms with Crippen molar-refractivity contribution in [3.05, 3.63) is 65.9 Å². The third-order valence-corrected chi connectivity index (χ3v) is 7.00. The van der Waals surface area contributed by atoms with Crippen molar-refractivity contribution in [3.63, 3.8) is 0 Å². The first-order valence-electron chi connectivity index (χ1n) is 10.8. The van der Waals surface area contributed by atoms with Crippen LogP contribution in [-0.2, 0) is 21.2 Å². The quantitative estimate of drug-likeness (QED) is 0.537. The minimum absolute atomic E-state index is 0.245. The summed E-state index contributed by atoms with van der Waals surface area (Å²) in [4.78, 5) is 7.48. The Kier molecular flexibility index (Phi) is 6.85. The number of fused-ring (bicyclic) bond motifs is 1. The van der Waals surface area contributed by atoms with Gasteiger partial charge >= 0.3 is 0 Å². The summed E-state index contributed by atoms with van der Waals surface area (Å²) in [6, 6.07) is 16.5. The zero-order valence-corrected chi connectivity index (χ0v) is 18.7. The van der Waals surface area contributed by atoms with Crippen LogP contribution in [0.25, 0.3) is 10.9 Å². The molecule has 0 aliphatic carbocycles. The fourth-order valence-corrected chi connectivity index (χ4v) is 4.86. The number of pyridine rings is 1. The number of ether oxygens (including phenoxy) is 1. The Bertz CT molecular complexity index is 1120. The summed E-state index contributed by atoms with van der Waals surface area (Å²) in [5.74, 6) is 0. The van der Waals surface area contributed by atoms with E-state index in [4.69, 9.17) is 9.72 Å². The zero-order valence-electron chi connectivity index (χ0n) is 17.9. The molecule has 1 aromatic heterocycles. The number of unbranched alkanes of at least 4 members (excludes halogenated alkanes) is 1. The van der Waals surface area contributed by atoms with Crippen molar-refractivity contribution >= 4 is 26.6 Å². The molecule has 0 atom stereocenters. The lowest BCUT2D eigenvalue weighted by Crippen LogP contribution is -2.36. The number of aryl methyl sites for hydroxylation is 2. The molecule has 2 aromatic carbocycles. The molecule has 31 heavy (non-hydrogen) atoms. The lowest BCUT2D eigenvalue weighted by molar-refractivity contribution is 0.0372. The second kappa shape index (κ2) is 9.77. The van der Waals surface area contributed by atoms with Gasteiger partial charge in [0.15, 0.2) is 0 Å². The van der Waals surface area contributed by atoms with E-state index in [2.05, 4.69) is 9.62 Å². The summed E-state index contributed by atoms with van der Waals surface area (Å²) >= 11 is 0. The number of hydrogen-bond donors (Lipinski definition) is 1. The van der Waals surface area contributed by atoms with Crippen LogP contribution in [0.5, 0.6) is 0 Å². The van der Waals surface area contributed by atoms with E-state index < -0.39 is 10.0 Å². The SMILES string of the molecule is Cc1ccc(S(=O)(=O)Nc2cccc3ccc(CCCCN4CCOCC4)nc23)cc1. The van der Waals surface area contributed by atoms with Crippen LogP contribution in [-0.4, -0.2) is 51.1 Å². The lowest BCUT2D eigenvalue weighted by Gasteiger charge is -2.26. The maximum Gasteiger partial charge on any atom is 0.261 e. The van der Waals surface area contributed by atoms with E-state index in [0.717, 1.165) is 68.8 Å². The number of hydrogen-bond acceptors (Lipinski definition) is 5. The van der Waals surface area contributed by atoms with E-state index in [9.17, 15) is 8.42 Å². The second-order valence-corrected chi connectivity index (χ2v) is 9.69. The Balaban J connectivity index is 1.46. The van der Waals surface area contributed by atoms with Crippen LogP contribution >= 0.6 is 0 Å². The normalized spacial score (nSPS) is 15.3. The second-order valence-electron chi connectivity index (χ2n) is 8.01. The summed E-state index contributed by atoms with van der Waals surface area (Å²) in [6.45, 7) is 6.69. The summed E-state index contributed by atoms with van der Waals surface area (Å²) in [5, 5.41) is 0.918. The Morgan fingerprint density at radius 3 is 2.55 bits per heavy atom. The van der Waals surface area contributed by atoms with E-state index in [1.165, 1.54) is 0 Å². The van der Waals surface area contributed by atoms with Gasteiger partial charge in [-0.3, -0.25) is 14.6 Å². The van der Waals surface area contributed by atoms with E-state index in [1.54, 1.807) is 30.3 Å². The Labute approximate surface area is 184 Å². The molecule has 2 heterocycles. The first-order chi connectivity index (χ1) is 15.0. The molecular weight excluding hydrogens is 410 g/mol. The van der Waals surface area contributed by atoms with Gasteiger partial charge in [-0.05, 0) is 57.0 Å². The highest BCUT2D eigenvalue weighted by molar-refractivity contribution is 7.92. The van der Waals surface area contributed by atoms with Crippen LogP contribution in [0, 0.1) is 6.92 Å². The van der Waals surface area contributed by atoms with E-state index in [1.807, 2.05) is 31.2 Å². The van der Waals surface area contributed by atoms with Crippen LogP contribution in [0.3, 0.4) is 0 Å². The number of anilines is 1. The standard InChI is InChI=1S/C24H29N3O3S/c1-19-8-12-22(13-9-19)31(28,29)26-23-7-4-5-20-10-11-21(25-24(20)23)6-2-3-14-27-15-17-30-18-16-27/h4-5,7-13,26H,2-3,6,14-18H2,1H3. The van der Waals surface area contributed by atoms with Gasteiger partial charge in [-0.2, -0.15) is 0 Å². The number of para-hydroxylation sites is 1. The predicted octanol–water partition coefficient (Wildman–Crippen LogP) is 4.00. The van der Waals surface area contributed by atoms with Crippen molar-refractivity contribution in [2.75, 3.05) is 37.6 Å². The molecule has 0 spiro atoms. The number of aromatic nitrogens is 1. The first kappa shape index (κ1) is 21.7. The number of sulfonamides is 1. The molecule has 1 aliphatic heterocycles. The van der Waals surface area contributed by atoms with Gasteiger partial charge in [0.25, 0.3) is 10.0 Å². The first-order valence-corrected chi connectivity index (χ1v) is 12.3. The Morgan fingerprint density at radius 1 is 1.00 bits per heavy atom. The van der Waals surface area contributed by atoms with Gasteiger partial charge in [0.1, 0.15) is 0 Å². The van der Waals surface area contributed by atoms with Crippen molar-refractivity contribution in [3.8, 4) is 0 Å². The van der Waals surface area contributed by atoms with Gasteiger partial charge in [-0.1, -0.05) is 35.9 Å². The van der Waals surface area contributed by atoms with Gasteiger partial charge in [-0.25, -0.2) is 8.42 Å². The molecule has 0 radical (unpaired) electrons. The molecule has 1 aliphatic rings. The molecule has 0 bridgehead atoms. The van der Waals surface area contributed by atoms with Crippen molar-refractivity contribution in [2.45, 2.75) is 31.1 Å². The van der Waals surface area contributed by atoms with Gasteiger partial charge < -0.3 is 4.74 Å². The van der Waals surface area contributed by atoms with E-state index in [-0.39, 0.29) is 4.90 Å². The molecule has 164 valence electrons. The summed E-state index contributed by atoms with van der Waals surface area (Å²) < 4.78 is 33.8. The zero-order chi connectivity index (χ0) is 21.7. The fraction of sp³-hybridized carbons (Fsp3) is 0.375. The lowest BCUT2D eigenvalue weighted by atomic mass is 10.1. The maximum absolute atomic E-state index is 12.9. The maximum atomic E-state index is 12.9. The minimum atomic E-state index is -3.67. The molecule has 0 unspecified atom stereocenters. The number of morpholine rings is 1. The van der Waals surface area contributed by atoms with Crippen molar-refractivity contribution in [2.24, 2.45) is 0 Å². The molecule has 4 rings (SSSR count). The summed E-state index contributed by atoms with van der Waals surface area (Å²) in [6.07, 6.45) is 3.04. The smallest absolute Gasteiger partial charge is 0.261 e. The molecular formula is C24H29N3O3S.